The molecule has 0 N–H and O–H groups in total. The molecule has 2 rings (SSSR count). The topological polar surface area (TPSA) is 20.3 Å². The van der Waals surface area contributed by atoms with Crippen LogP contribution in [-0.2, 0) is 11.3 Å². The largest absolute Gasteiger partial charge is 0.328 e. The van der Waals surface area contributed by atoms with Crippen molar-refractivity contribution in [3.8, 4) is 0 Å². The number of rotatable bonds is 9. The Kier molecular flexibility index (Phi) is 7.06. The van der Waals surface area contributed by atoms with Gasteiger partial charge in [-0.2, -0.15) is 0 Å². The molecule has 1 amide bonds. The van der Waals surface area contributed by atoms with Gasteiger partial charge in [0.15, 0.2) is 0 Å². The van der Waals surface area contributed by atoms with Gasteiger partial charge in [-0.15, -0.1) is 0 Å². The average molecular weight is 358 g/mol. The molecule has 1 aromatic rings. The van der Waals surface area contributed by atoms with Gasteiger partial charge in [0.25, 0.3) is 0 Å². The first kappa shape index (κ1) is 20.0. The molecule has 0 spiro atoms. The van der Waals surface area contributed by atoms with Crippen LogP contribution >= 0.6 is 0 Å². The van der Waals surface area contributed by atoms with Gasteiger partial charge >= 0.3 is 0 Å². The smallest absolute Gasteiger partial charge is 0.246 e. The van der Waals surface area contributed by atoms with E-state index in [9.17, 15) is 4.79 Å². The summed E-state index contributed by atoms with van der Waals surface area (Å²) in [4.78, 5) is 15.5. The minimum atomic E-state index is -1.65. The molecule has 3 heteroatoms. The van der Waals surface area contributed by atoms with E-state index in [2.05, 4.69) is 62.7 Å². The monoisotopic (exact) mass is 357 g/mol. The predicted molar refractivity (Wildman–Crippen MR) is 110 cm³/mol. The highest BCUT2D eigenvalue weighted by Crippen LogP contribution is 2.37. The first-order valence-electron chi connectivity index (χ1n) is 9.98. The van der Waals surface area contributed by atoms with E-state index in [1.54, 1.807) is 0 Å². The van der Waals surface area contributed by atoms with Crippen LogP contribution < -0.4 is 0 Å². The van der Waals surface area contributed by atoms with E-state index in [0.717, 1.165) is 19.4 Å². The molecule has 0 saturated heterocycles. The highest BCUT2D eigenvalue weighted by Gasteiger charge is 2.42. The zero-order valence-electron chi connectivity index (χ0n) is 16.8. The second-order valence-electron chi connectivity index (χ2n) is 8.30. The van der Waals surface area contributed by atoms with Crippen LogP contribution in [0.25, 0.3) is 0 Å². The lowest BCUT2D eigenvalue weighted by molar-refractivity contribution is -0.127. The fraction of sp³-hybridized carbons (Fsp3) is 0.591. The summed E-state index contributed by atoms with van der Waals surface area (Å²) < 4.78 is 0. The molecule has 2 nitrogen and oxygen atoms in total. The van der Waals surface area contributed by atoms with Gasteiger partial charge in [-0.1, -0.05) is 83.1 Å². The molecule has 0 bridgehead atoms. The van der Waals surface area contributed by atoms with Gasteiger partial charge < -0.3 is 4.90 Å². The normalized spacial score (nSPS) is 18.4. The van der Waals surface area contributed by atoms with Gasteiger partial charge in [0.1, 0.15) is 0 Å². The molecule has 0 saturated carbocycles. The molecule has 1 heterocycles. The van der Waals surface area contributed by atoms with E-state index in [0.29, 0.717) is 11.9 Å². The third kappa shape index (κ3) is 4.84. The Hall–Kier alpha value is -1.35. The SMILES string of the molecule is CCCCCCC1=C([Si](C)(C)C)C(=O)N(Cc2ccccc2)C1CC. The number of amides is 1. The Morgan fingerprint density at radius 1 is 1.00 bits per heavy atom. The summed E-state index contributed by atoms with van der Waals surface area (Å²) in [7, 11) is -1.65. The minimum absolute atomic E-state index is 0.302. The minimum Gasteiger partial charge on any atom is -0.328 e. The average Bonchev–Trinajstić information content (AvgIpc) is 2.84. The van der Waals surface area contributed by atoms with Crippen LogP contribution in [0.3, 0.4) is 0 Å². The Morgan fingerprint density at radius 3 is 2.24 bits per heavy atom. The number of benzene rings is 1. The molecular formula is C22H35NOSi. The van der Waals surface area contributed by atoms with Gasteiger partial charge in [0, 0.05) is 11.7 Å². The summed E-state index contributed by atoms with van der Waals surface area (Å²) in [6, 6.07) is 10.7. The number of hydrogen-bond acceptors (Lipinski definition) is 1. The van der Waals surface area contributed by atoms with Crippen LogP contribution in [0.2, 0.25) is 19.6 Å². The van der Waals surface area contributed by atoms with Crippen molar-refractivity contribution >= 4 is 14.0 Å². The maximum Gasteiger partial charge on any atom is 0.246 e. The van der Waals surface area contributed by atoms with Crippen molar-refractivity contribution in [3.63, 3.8) is 0 Å². The van der Waals surface area contributed by atoms with Crippen molar-refractivity contribution in [1.82, 2.24) is 4.90 Å². The lowest BCUT2D eigenvalue weighted by Gasteiger charge is -2.27. The number of carbonyl (C=O) groups is 1. The molecule has 1 unspecified atom stereocenters. The van der Waals surface area contributed by atoms with Gasteiger partial charge in [0.2, 0.25) is 5.91 Å². The molecule has 1 aliphatic rings. The molecule has 25 heavy (non-hydrogen) atoms. The summed E-state index contributed by atoms with van der Waals surface area (Å²) in [6.45, 7) is 12.2. The number of hydrogen-bond donors (Lipinski definition) is 0. The molecule has 0 fully saturated rings. The van der Waals surface area contributed by atoms with E-state index in [1.807, 2.05) is 6.07 Å². The predicted octanol–water partition coefficient (Wildman–Crippen LogP) is 5.95. The quantitative estimate of drug-likeness (QED) is 0.395. The van der Waals surface area contributed by atoms with Crippen LogP contribution in [-0.4, -0.2) is 24.9 Å². The molecule has 138 valence electrons. The van der Waals surface area contributed by atoms with Crippen LogP contribution in [0.1, 0.15) is 57.9 Å². The standard InChI is InChI=1S/C22H35NOSi/c1-6-8-9-13-16-19-20(7-2)23(17-18-14-11-10-12-15-18)22(24)21(19)25(3,4)5/h10-12,14-15,20H,6-9,13,16-17H2,1-5H3. The van der Waals surface area contributed by atoms with Gasteiger partial charge in [-0.3, -0.25) is 4.79 Å². The van der Waals surface area contributed by atoms with Gasteiger partial charge in [0.05, 0.1) is 14.1 Å². The van der Waals surface area contributed by atoms with Crippen LogP contribution in [0.15, 0.2) is 41.1 Å². The highest BCUT2D eigenvalue weighted by molar-refractivity contribution is 6.87. The van der Waals surface area contributed by atoms with E-state index in [-0.39, 0.29) is 0 Å². The van der Waals surface area contributed by atoms with Crippen molar-refractivity contribution in [2.45, 2.75) is 84.6 Å². The molecule has 1 aromatic carbocycles. The van der Waals surface area contributed by atoms with Gasteiger partial charge in [-0.25, -0.2) is 0 Å². The van der Waals surface area contributed by atoms with Crippen molar-refractivity contribution in [2.75, 3.05) is 0 Å². The Balaban J connectivity index is 2.26. The van der Waals surface area contributed by atoms with Crippen LogP contribution in [0, 0.1) is 0 Å². The van der Waals surface area contributed by atoms with E-state index < -0.39 is 8.07 Å². The first-order valence-corrected chi connectivity index (χ1v) is 13.5. The molecule has 0 aliphatic carbocycles. The molecular weight excluding hydrogens is 322 g/mol. The number of nitrogens with zero attached hydrogens (tertiary/aromatic N) is 1. The van der Waals surface area contributed by atoms with Crippen LogP contribution in [0.4, 0.5) is 0 Å². The van der Waals surface area contributed by atoms with Gasteiger partial charge in [-0.05, 0) is 30.4 Å². The van der Waals surface area contributed by atoms with E-state index in [4.69, 9.17) is 0 Å². The summed E-state index contributed by atoms with van der Waals surface area (Å²) in [5, 5.41) is 1.21. The zero-order valence-corrected chi connectivity index (χ0v) is 17.8. The fourth-order valence-corrected chi connectivity index (χ4v) is 6.08. The molecule has 1 atom stereocenters. The maximum absolute atomic E-state index is 13.3. The lowest BCUT2D eigenvalue weighted by Crippen LogP contribution is -2.37. The molecule has 1 aliphatic heterocycles. The highest BCUT2D eigenvalue weighted by atomic mass is 28.3. The fourth-order valence-electron chi connectivity index (χ4n) is 4.04. The third-order valence-electron chi connectivity index (χ3n) is 5.21. The Morgan fingerprint density at radius 2 is 1.68 bits per heavy atom. The van der Waals surface area contributed by atoms with Crippen molar-refractivity contribution in [3.05, 3.63) is 46.7 Å². The number of carbonyl (C=O) groups excluding carboxylic acids is 1. The molecule has 0 aromatic heterocycles. The van der Waals surface area contributed by atoms with Crippen molar-refractivity contribution in [1.29, 1.82) is 0 Å². The summed E-state index contributed by atoms with van der Waals surface area (Å²) in [5.74, 6) is 0.320. The zero-order chi connectivity index (χ0) is 18.4. The summed E-state index contributed by atoms with van der Waals surface area (Å²) >= 11 is 0. The van der Waals surface area contributed by atoms with Crippen LogP contribution in [0.5, 0.6) is 0 Å². The molecule has 0 radical (unpaired) electrons. The number of unbranched alkanes of at least 4 members (excludes halogenated alkanes) is 3. The Labute approximate surface area is 155 Å². The van der Waals surface area contributed by atoms with Crippen molar-refractivity contribution < 1.29 is 4.79 Å². The lowest BCUT2D eigenvalue weighted by atomic mass is 9.99. The Bertz CT molecular complexity index is 600. The first-order chi connectivity index (χ1) is 11.9. The van der Waals surface area contributed by atoms with E-state index in [1.165, 1.54) is 42.0 Å². The maximum atomic E-state index is 13.3. The van der Waals surface area contributed by atoms with Crippen molar-refractivity contribution in [2.24, 2.45) is 0 Å². The van der Waals surface area contributed by atoms with E-state index >= 15 is 0 Å². The summed E-state index contributed by atoms with van der Waals surface area (Å²) in [5.41, 5.74) is 2.70. The summed E-state index contributed by atoms with van der Waals surface area (Å²) in [6.07, 6.45) is 7.19. The second kappa shape index (κ2) is 8.84. The second-order valence-corrected chi connectivity index (χ2v) is 13.3. The third-order valence-corrected chi connectivity index (χ3v) is 7.24.